The van der Waals surface area contributed by atoms with Crippen LogP contribution in [-0.4, -0.2) is 27.6 Å². The van der Waals surface area contributed by atoms with Gasteiger partial charge in [0.2, 0.25) is 0 Å². The molecule has 0 atom stereocenters. The zero-order chi connectivity index (χ0) is 19.6. The zero-order valence-corrected chi connectivity index (χ0v) is 15.2. The van der Waals surface area contributed by atoms with Gasteiger partial charge in [-0.1, -0.05) is 36.4 Å². The molecule has 0 saturated carbocycles. The van der Waals surface area contributed by atoms with Crippen LogP contribution >= 0.6 is 0 Å². The van der Waals surface area contributed by atoms with E-state index in [-0.39, 0.29) is 6.54 Å². The molecule has 28 heavy (non-hydrogen) atoms. The van der Waals surface area contributed by atoms with Gasteiger partial charge in [0.15, 0.2) is 0 Å². The Morgan fingerprint density at radius 2 is 1.75 bits per heavy atom. The van der Waals surface area contributed by atoms with E-state index in [0.717, 1.165) is 32.9 Å². The average molecular weight is 383 g/mol. The number of halogens is 3. The SMILES string of the molecule is FC(F)(F)CCN(Cc1cnc2ccccc2c1)Cc1c[nH]c2ccccc12. The molecule has 0 unspecified atom stereocenters. The van der Waals surface area contributed by atoms with Crippen molar-refractivity contribution in [1.29, 1.82) is 0 Å². The van der Waals surface area contributed by atoms with Crippen molar-refractivity contribution < 1.29 is 13.2 Å². The van der Waals surface area contributed by atoms with Crippen LogP contribution in [0, 0.1) is 0 Å². The van der Waals surface area contributed by atoms with Gasteiger partial charge in [-0.2, -0.15) is 13.2 Å². The Bertz CT molecular complexity index is 1080. The Morgan fingerprint density at radius 3 is 2.61 bits per heavy atom. The predicted octanol–water partition coefficient (Wildman–Crippen LogP) is 5.67. The zero-order valence-electron chi connectivity index (χ0n) is 15.2. The van der Waals surface area contributed by atoms with Crippen LogP contribution in [-0.2, 0) is 13.1 Å². The smallest absolute Gasteiger partial charge is 0.361 e. The Hall–Kier alpha value is -2.86. The molecule has 144 valence electrons. The maximum Gasteiger partial charge on any atom is 0.390 e. The molecule has 0 radical (unpaired) electrons. The van der Waals surface area contributed by atoms with Crippen LogP contribution in [0.3, 0.4) is 0 Å². The third kappa shape index (κ3) is 4.34. The lowest BCUT2D eigenvalue weighted by Gasteiger charge is -2.23. The Kier molecular flexibility index (Phi) is 5.05. The van der Waals surface area contributed by atoms with E-state index in [2.05, 4.69) is 9.97 Å². The fraction of sp³-hybridized carbons (Fsp3) is 0.227. The number of aromatic amines is 1. The van der Waals surface area contributed by atoms with E-state index in [1.165, 1.54) is 0 Å². The fourth-order valence-electron chi connectivity index (χ4n) is 3.46. The van der Waals surface area contributed by atoms with Gasteiger partial charge in [-0.25, -0.2) is 0 Å². The Labute approximate surface area is 160 Å². The second kappa shape index (κ2) is 7.64. The van der Waals surface area contributed by atoms with Crippen LogP contribution in [0.1, 0.15) is 17.5 Å². The molecule has 1 N–H and O–H groups in total. The molecule has 0 aliphatic rings. The first kappa shape index (κ1) is 18.5. The predicted molar refractivity (Wildman–Crippen MR) is 105 cm³/mol. The van der Waals surface area contributed by atoms with Crippen LogP contribution in [0.15, 0.2) is 67.0 Å². The molecule has 0 aliphatic heterocycles. The largest absolute Gasteiger partial charge is 0.390 e. The van der Waals surface area contributed by atoms with E-state index in [4.69, 9.17) is 0 Å². The topological polar surface area (TPSA) is 31.9 Å². The summed E-state index contributed by atoms with van der Waals surface area (Å²) in [5.41, 5.74) is 3.76. The number of hydrogen-bond acceptors (Lipinski definition) is 2. The molecule has 0 aliphatic carbocycles. The van der Waals surface area contributed by atoms with E-state index < -0.39 is 12.6 Å². The van der Waals surface area contributed by atoms with E-state index in [1.54, 1.807) is 6.20 Å². The minimum absolute atomic E-state index is 0.0597. The van der Waals surface area contributed by atoms with Crippen molar-refractivity contribution in [2.75, 3.05) is 6.54 Å². The van der Waals surface area contributed by atoms with Crippen molar-refractivity contribution in [2.45, 2.75) is 25.7 Å². The molecule has 6 heteroatoms. The van der Waals surface area contributed by atoms with E-state index >= 15 is 0 Å². The van der Waals surface area contributed by atoms with E-state index in [0.29, 0.717) is 13.1 Å². The average Bonchev–Trinajstić information content (AvgIpc) is 3.08. The maximum absolute atomic E-state index is 12.8. The van der Waals surface area contributed by atoms with Gasteiger partial charge in [-0.05, 0) is 29.3 Å². The van der Waals surface area contributed by atoms with E-state index in [1.807, 2.05) is 65.7 Å². The second-order valence-corrected chi connectivity index (χ2v) is 6.97. The van der Waals surface area contributed by atoms with Crippen molar-refractivity contribution in [3.8, 4) is 0 Å². The first-order valence-corrected chi connectivity index (χ1v) is 9.16. The molecule has 0 fully saturated rings. The highest BCUT2D eigenvalue weighted by Crippen LogP contribution is 2.24. The number of nitrogens with one attached hydrogen (secondary N) is 1. The minimum atomic E-state index is -4.18. The Morgan fingerprint density at radius 1 is 0.964 bits per heavy atom. The molecule has 4 rings (SSSR count). The monoisotopic (exact) mass is 383 g/mol. The summed E-state index contributed by atoms with van der Waals surface area (Å²) in [6.45, 7) is 0.788. The maximum atomic E-state index is 12.8. The summed E-state index contributed by atoms with van der Waals surface area (Å²) in [7, 11) is 0. The van der Waals surface area contributed by atoms with Gasteiger partial charge in [-0.15, -0.1) is 0 Å². The van der Waals surface area contributed by atoms with Gasteiger partial charge in [0.1, 0.15) is 0 Å². The molecular weight excluding hydrogens is 363 g/mol. The number of H-pyrrole nitrogens is 1. The van der Waals surface area contributed by atoms with Gasteiger partial charge in [0, 0.05) is 48.3 Å². The number of pyridine rings is 1. The molecule has 0 bridgehead atoms. The number of para-hydroxylation sites is 2. The first-order chi connectivity index (χ1) is 13.5. The van der Waals surface area contributed by atoms with E-state index in [9.17, 15) is 13.2 Å². The quantitative estimate of drug-likeness (QED) is 0.465. The summed E-state index contributed by atoms with van der Waals surface area (Å²) in [4.78, 5) is 9.46. The normalized spacial score (nSPS) is 12.3. The molecule has 0 spiro atoms. The van der Waals surface area contributed by atoms with Crippen LogP contribution in [0.2, 0.25) is 0 Å². The number of benzene rings is 2. The van der Waals surface area contributed by atoms with Gasteiger partial charge in [-0.3, -0.25) is 9.88 Å². The van der Waals surface area contributed by atoms with Gasteiger partial charge in [0.25, 0.3) is 0 Å². The number of aromatic nitrogens is 2. The number of rotatable bonds is 6. The highest BCUT2D eigenvalue weighted by molar-refractivity contribution is 5.83. The summed E-state index contributed by atoms with van der Waals surface area (Å²) in [6, 6.07) is 17.6. The van der Waals surface area contributed by atoms with Crippen LogP contribution in [0.5, 0.6) is 0 Å². The summed E-state index contributed by atoms with van der Waals surface area (Å²) >= 11 is 0. The third-order valence-corrected chi connectivity index (χ3v) is 4.83. The fourth-order valence-corrected chi connectivity index (χ4v) is 3.46. The second-order valence-electron chi connectivity index (χ2n) is 6.97. The van der Waals surface area contributed by atoms with Crippen molar-refractivity contribution in [3.05, 3.63) is 78.1 Å². The third-order valence-electron chi connectivity index (χ3n) is 4.83. The Balaban J connectivity index is 1.58. The number of nitrogens with zero attached hydrogens (tertiary/aromatic N) is 2. The van der Waals surface area contributed by atoms with Crippen LogP contribution < -0.4 is 0 Å². The summed E-state index contributed by atoms with van der Waals surface area (Å²) in [6.07, 6.45) is -1.39. The highest BCUT2D eigenvalue weighted by atomic mass is 19.4. The lowest BCUT2D eigenvalue weighted by atomic mass is 10.1. The van der Waals surface area contributed by atoms with Crippen molar-refractivity contribution >= 4 is 21.8 Å². The summed E-state index contributed by atoms with van der Waals surface area (Å²) < 4.78 is 38.5. The number of hydrogen-bond donors (Lipinski definition) is 1. The highest BCUT2D eigenvalue weighted by Gasteiger charge is 2.28. The minimum Gasteiger partial charge on any atom is -0.361 e. The molecular formula is C22H20F3N3. The summed E-state index contributed by atoms with van der Waals surface area (Å²) in [5.74, 6) is 0. The molecule has 0 amide bonds. The molecule has 2 aromatic carbocycles. The lowest BCUT2D eigenvalue weighted by Crippen LogP contribution is -2.27. The number of fused-ring (bicyclic) bond motifs is 2. The molecule has 3 nitrogen and oxygen atoms in total. The number of alkyl halides is 3. The van der Waals surface area contributed by atoms with Crippen molar-refractivity contribution in [1.82, 2.24) is 14.9 Å². The molecule has 2 aromatic heterocycles. The van der Waals surface area contributed by atoms with Gasteiger partial charge in [0.05, 0.1) is 11.9 Å². The van der Waals surface area contributed by atoms with Crippen LogP contribution in [0.4, 0.5) is 13.2 Å². The van der Waals surface area contributed by atoms with Gasteiger partial charge >= 0.3 is 6.18 Å². The molecule has 4 aromatic rings. The standard InChI is InChI=1S/C22H20F3N3/c23-22(24,25)9-10-28(15-18-13-27-21-8-4-2-6-19(18)21)14-16-11-17-5-1-3-7-20(17)26-12-16/h1-8,11-13,27H,9-10,14-15H2. The van der Waals surface area contributed by atoms with Crippen molar-refractivity contribution in [3.63, 3.8) is 0 Å². The van der Waals surface area contributed by atoms with Crippen LogP contribution in [0.25, 0.3) is 21.8 Å². The molecule has 2 heterocycles. The van der Waals surface area contributed by atoms with Crippen molar-refractivity contribution in [2.24, 2.45) is 0 Å². The van der Waals surface area contributed by atoms with Gasteiger partial charge < -0.3 is 4.98 Å². The summed E-state index contributed by atoms with van der Waals surface area (Å²) in [5, 5.41) is 2.03. The first-order valence-electron chi connectivity index (χ1n) is 9.16. The molecule has 0 saturated heterocycles. The lowest BCUT2D eigenvalue weighted by molar-refractivity contribution is -0.138.